The fourth-order valence-corrected chi connectivity index (χ4v) is 6.25. The Morgan fingerprint density at radius 3 is 2.61 bits per heavy atom. The Kier molecular flexibility index (Phi) is 6.08. The first kappa shape index (κ1) is 23.1. The van der Waals surface area contributed by atoms with Crippen LogP contribution in [0, 0.1) is 11.7 Å². The standard InChI is InChI=1S/C22H27FN6O3S/c1-12(2)29-20-17(11-25-22(24)27-20)26-19(21(29)30)14-8-9-16(15(23)10-14)28-33(31,32)18-7-5-4-6-13(18)3/h8-13,18,28H,4-7H2,1-3H3,(H2,24,25,27). The average molecular weight is 475 g/mol. The number of anilines is 2. The SMILES string of the molecule is CC1CCCCC1S(=O)(=O)Nc1ccc(-c2nc3cnc(N)nc3n(C(C)C)c2=O)cc1F. The molecule has 0 aliphatic heterocycles. The van der Waals surface area contributed by atoms with E-state index in [4.69, 9.17) is 5.73 Å². The van der Waals surface area contributed by atoms with E-state index in [1.807, 2.05) is 20.8 Å². The predicted molar refractivity (Wildman–Crippen MR) is 126 cm³/mol. The molecule has 11 heteroatoms. The molecular formula is C22H27FN6O3S. The smallest absolute Gasteiger partial charge is 0.278 e. The van der Waals surface area contributed by atoms with Crippen LogP contribution in [0.2, 0.25) is 0 Å². The third kappa shape index (κ3) is 4.41. The maximum absolute atomic E-state index is 15.0. The zero-order valence-corrected chi connectivity index (χ0v) is 19.6. The van der Waals surface area contributed by atoms with Crippen LogP contribution in [0.1, 0.15) is 52.5 Å². The summed E-state index contributed by atoms with van der Waals surface area (Å²) in [6, 6.07) is 3.65. The highest BCUT2D eigenvalue weighted by molar-refractivity contribution is 7.93. The van der Waals surface area contributed by atoms with Crippen LogP contribution >= 0.6 is 0 Å². The van der Waals surface area contributed by atoms with Gasteiger partial charge in [-0.2, -0.15) is 4.98 Å². The fraction of sp³-hybridized carbons (Fsp3) is 0.455. The molecule has 1 aromatic carbocycles. The number of aromatic nitrogens is 4. The average Bonchev–Trinajstić information content (AvgIpc) is 2.74. The summed E-state index contributed by atoms with van der Waals surface area (Å²) in [6.07, 6.45) is 4.63. The number of nitrogens with two attached hydrogens (primary N) is 1. The van der Waals surface area contributed by atoms with Gasteiger partial charge in [-0.15, -0.1) is 0 Å². The van der Waals surface area contributed by atoms with E-state index in [0.717, 1.165) is 25.3 Å². The van der Waals surface area contributed by atoms with E-state index in [2.05, 4.69) is 19.7 Å². The zero-order valence-electron chi connectivity index (χ0n) is 18.7. The first-order chi connectivity index (χ1) is 15.6. The third-order valence-corrected chi connectivity index (χ3v) is 8.09. The molecule has 0 amide bonds. The van der Waals surface area contributed by atoms with Crippen molar-refractivity contribution in [3.05, 3.63) is 40.6 Å². The van der Waals surface area contributed by atoms with Gasteiger partial charge in [-0.25, -0.2) is 22.8 Å². The molecule has 1 fully saturated rings. The number of sulfonamides is 1. The van der Waals surface area contributed by atoms with E-state index in [-0.39, 0.29) is 40.5 Å². The van der Waals surface area contributed by atoms with Crippen molar-refractivity contribution in [3.8, 4) is 11.3 Å². The summed E-state index contributed by atoms with van der Waals surface area (Å²) < 4.78 is 44.5. The molecule has 4 rings (SSSR count). The number of hydrogen-bond acceptors (Lipinski definition) is 7. The van der Waals surface area contributed by atoms with Crippen LogP contribution in [-0.2, 0) is 10.0 Å². The Hall–Kier alpha value is -3.08. The minimum atomic E-state index is -3.74. The maximum Gasteiger partial charge on any atom is 0.278 e. The summed E-state index contributed by atoms with van der Waals surface area (Å²) in [6.45, 7) is 5.53. The lowest BCUT2D eigenvalue weighted by Crippen LogP contribution is -2.35. The third-order valence-electron chi connectivity index (χ3n) is 6.09. The van der Waals surface area contributed by atoms with Crippen molar-refractivity contribution >= 4 is 32.8 Å². The predicted octanol–water partition coefficient (Wildman–Crippen LogP) is 3.48. The molecular weight excluding hydrogens is 447 g/mol. The monoisotopic (exact) mass is 474 g/mol. The summed E-state index contributed by atoms with van der Waals surface area (Å²) in [7, 11) is -3.74. The van der Waals surface area contributed by atoms with Crippen LogP contribution < -0.4 is 16.0 Å². The van der Waals surface area contributed by atoms with Crippen LogP contribution in [0.5, 0.6) is 0 Å². The number of fused-ring (bicyclic) bond motifs is 1. The van der Waals surface area contributed by atoms with Gasteiger partial charge in [-0.1, -0.05) is 25.8 Å². The summed E-state index contributed by atoms with van der Waals surface area (Å²) in [5.41, 5.74) is 5.92. The number of nitrogens with zero attached hydrogens (tertiary/aromatic N) is 4. The molecule has 0 saturated heterocycles. The lowest BCUT2D eigenvalue weighted by molar-refractivity contribution is 0.382. The summed E-state index contributed by atoms with van der Waals surface area (Å²) in [5.74, 6) is -0.766. The molecule has 2 atom stereocenters. The summed E-state index contributed by atoms with van der Waals surface area (Å²) in [4.78, 5) is 25.6. The van der Waals surface area contributed by atoms with Gasteiger partial charge in [-0.05, 0) is 44.7 Å². The summed E-state index contributed by atoms with van der Waals surface area (Å²) >= 11 is 0. The molecule has 0 spiro atoms. The van der Waals surface area contributed by atoms with Crippen molar-refractivity contribution in [1.82, 2.24) is 19.5 Å². The number of nitrogen functional groups attached to an aromatic ring is 1. The highest BCUT2D eigenvalue weighted by atomic mass is 32.2. The normalized spacial score (nSPS) is 19.2. The number of hydrogen-bond donors (Lipinski definition) is 2. The fourth-order valence-electron chi connectivity index (χ4n) is 4.40. The second-order valence-electron chi connectivity index (χ2n) is 8.81. The van der Waals surface area contributed by atoms with Crippen LogP contribution in [0.25, 0.3) is 22.4 Å². The largest absolute Gasteiger partial charge is 0.368 e. The van der Waals surface area contributed by atoms with Crippen molar-refractivity contribution in [2.24, 2.45) is 5.92 Å². The van der Waals surface area contributed by atoms with Crippen molar-refractivity contribution in [3.63, 3.8) is 0 Å². The van der Waals surface area contributed by atoms with Gasteiger partial charge in [0.2, 0.25) is 16.0 Å². The van der Waals surface area contributed by atoms with E-state index in [1.165, 1.54) is 22.9 Å². The number of rotatable bonds is 5. The van der Waals surface area contributed by atoms with E-state index in [1.54, 1.807) is 0 Å². The summed E-state index contributed by atoms with van der Waals surface area (Å²) in [5, 5.41) is -0.557. The molecule has 1 aliphatic carbocycles. The van der Waals surface area contributed by atoms with Crippen molar-refractivity contribution in [2.45, 2.75) is 57.7 Å². The lowest BCUT2D eigenvalue weighted by Gasteiger charge is -2.28. The minimum absolute atomic E-state index is 0.00569. The van der Waals surface area contributed by atoms with Gasteiger partial charge in [0.05, 0.1) is 17.1 Å². The van der Waals surface area contributed by atoms with Gasteiger partial charge < -0.3 is 5.73 Å². The van der Waals surface area contributed by atoms with E-state index in [0.29, 0.717) is 11.9 Å². The minimum Gasteiger partial charge on any atom is -0.368 e. The molecule has 1 saturated carbocycles. The van der Waals surface area contributed by atoms with Gasteiger partial charge in [0.15, 0.2) is 5.65 Å². The molecule has 3 aromatic rings. The van der Waals surface area contributed by atoms with Gasteiger partial charge in [0.1, 0.15) is 17.0 Å². The first-order valence-electron chi connectivity index (χ1n) is 10.9. The van der Waals surface area contributed by atoms with Crippen LogP contribution in [0.4, 0.5) is 16.0 Å². The Bertz CT molecular complexity index is 1370. The molecule has 176 valence electrons. The number of nitrogens with one attached hydrogen (secondary N) is 1. The molecule has 3 N–H and O–H groups in total. The molecule has 0 radical (unpaired) electrons. The Morgan fingerprint density at radius 2 is 1.94 bits per heavy atom. The number of halogens is 1. The van der Waals surface area contributed by atoms with Gasteiger partial charge >= 0.3 is 0 Å². The Balaban J connectivity index is 1.73. The molecule has 9 nitrogen and oxygen atoms in total. The van der Waals surface area contributed by atoms with Gasteiger partial charge in [0.25, 0.3) is 5.56 Å². The van der Waals surface area contributed by atoms with Gasteiger partial charge in [-0.3, -0.25) is 14.1 Å². The molecule has 2 aromatic heterocycles. The Morgan fingerprint density at radius 1 is 1.21 bits per heavy atom. The molecule has 0 bridgehead atoms. The first-order valence-corrected chi connectivity index (χ1v) is 12.5. The molecule has 2 unspecified atom stereocenters. The van der Waals surface area contributed by atoms with E-state index < -0.39 is 26.6 Å². The van der Waals surface area contributed by atoms with Crippen molar-refractivity contribution < 1.29 is 12.8 Å². The quantitative estimate of drug-likeness (QED) is 0.578. The van der Waals surface area contributed by atoms with Crippen LogP contribution in [0.15, 0.2) is 29.2 Å². The lowest BCUT2D eigenvalue weighted by atomic mass is 9.90. The van der Waals surface area contributed by atoms with E-state index in [9.17, 15) is 17.6 Å². The molecule has 1 aliphatic rings. The second-order valence-corrected chi connectivity index (χ2v) is 10.7. The zero-order chi connectivity index (χ0) is 23.9. The van der Waals surface area contributed by atoms with Crippen LogP contribution in [0.3, 0.4) is 0 Å². The Labute approximate surface area is 191 Å². The van der Waals surface area contributed by atoms with Gasteiger partial charge in [0, 0.05) is 11.6 Å². The van der Waals surface area contributed by atoms with E-state index >= 15 is 0 Å². The highest BCUT2D eigenvalue weighted by Crippen LogP contribution is 2.31. The topological polar surface area (TPSA) is 133 Å². The molecule has 2 heterocycles. The number of benzene rings is 1. The van der Waals surface area contributed by atoms with Crippen LogP contribution in [-0.4, -0.2) is 33.2 Å². The maximum atomic E-state index is 15.0. The van der Waals surface area contributed by atoms with Crippen molar-refractivity contribution in [2.75, 3.05) is 10.5 Å². The highest BCUT2D eigenvalue weighted by Gasteiger charge is 2.33. The molecule has 33 heavy (non-hydrogen) atoms. The second kappa shape index (κ2) is 8.69. The van der Waals surface area contributed by atoms with Crippen molar-refractivity contribution in [1.29, 1.82) is 0 Å².